The summed E-state index contributed by atoms with van der Waals surface area (Å²) in [5.74, 6) is -0.267. The Morgan fingerprint density at radius 1 is 1.35 bits per heavy atom. The predicted molar refractivity (Wildman–Crippen MR) is 69.1 cm³/mol. The zero-order valence-corrected chi connectivity index (χ0v) is 10.4. The molecule has 106 valence electrons. The number of hydrogen-bond acceptors (Lipinski definition) is 3. The molecule has 0 atom stereocenters. The average molecular weight is 283 g/mol. The fraction of sp³-hybridized carbons (Fsp3) is 0.154. The van der Waals surface area contributed by atoms with E-state index in [9.17, 15) is 13.2 Å². The first-order valence-electron chi connectivity index (χ1n) is 5.72. The van der Waals surface area contributed by atoms with Gasteiger partial charge in [-0.1, -0.05) is 18.7 Å². The van der Waals surface area contributed by atoms with Gasteiger partial charge in [0.05, 0.1) is 11.9 Å². The van der Waals surface area contributed by atoms with E-state index in [1.165, 1.54) is 29.1 Å². The summed E-state index contributed by atoms with van der Waals surface area (Å²) in [4.78, 5) is 0. The highest BCUT2D eigenvalue weighted by atomic mass is 19.4. The lowest BCUT2D eigenvalue weighted by molar-refractivity contribution is -0.274. The minimum atomic E-state index is -4.72. The maximum atomic E-state index is 12.3. The van der Waals surface area contributed by atoms with Crippen molar-refractivity contribution in [3.63, 3.8) is 0 Å². The summed E-state index contributed by atoms with van der Waals surface area (Å²) in [5, 5.41) is 6.85. The highest BCUT2D eigenvalue weighted by Crippen LogP contribution is 2.30. The lowest BCUT2D eigenvalue weighted by Crippen LogP contribution is -2.18. The number of halogens is 3. The van der Waals surface area contributed by atoms with Crippen LogP contribution in [0.2, 0.25) is 0 Å². The fourth-order valence-corrected chi connectivity index (χ4v) is 1.59. The summed E-state index contributed by atoms with van der Waals surface area (Å²) in [5.41, 5.74) is 1.07. The first-order valence-corrected chi connectivity index (χ1v) is 5.72. The van der Waals surface area contributed by atoms with Crippen LogP contribution in [0.15, 0.2) is 43.2 Å². The number of rotatable bonds is 5. The van der Waals surface area contributed by atoms with E-state index in [0.717, 1.165) is 5.56 Å². The molecule has 2 rings (SSSR count). The second kappa shape index (κ2) is 5.68. The van der Waals surface area contributed by atoms with E-state index in [0.29, 0.717) is 6.54 Å². The third kappa shape index (κ3) is 3.78. The number of nitrogens with zero attached hydrogens (tertiary/aromatic N) is 2. The van der Waals surface area contributed by atoms with E-state index < -0.39 is 6.36 Å². The van der Waals surface area contributed by atoms with Crippen LogP contribution >= 0.6 is 0 Å². The standard InChI is InChI=1S/C13H12F3N3O/c1-2-19-9-10(8-18-19)7-17-11-5-3-4-6-12(11)20-13(14,15)16/h2-6,8-9,17H,1,7H2. The molecule has 0 bridgehead atoms. The summed E-state index contributed by atoms with van der Waals surface area (Å²) in [7, 11) is 0. The van der Waals surface area contributed by atoms with Gasteiger partial charge in [-0.15, -0.1) is 13.2 Å². The molecule has 1 N–H and O–H groups in total. The van der Waals surface area contributed by atoms with E-state index in [2.05, 4.69) is 21.7 Å². The van der Waals surface area contributed by atoms with Crippen molar-refractivity contribution < 1.29 is 17.9 Å². The van der Waals surface area contributed by atoms with Gasteiger partial charge in [-0.3, -0.25) is 0 Å². The van der Waals surface area contributed by atoms with Crippen LogP contribution in [-0.4, -0.2) is 16.1 Å². The highest BCUT2D eigenvalue weighted by Gasteiger charge is 2.32. The van der Waals surface area contributed by atoms with Gasteiger partial charge in [0, 0.05) is 24.5 Å². The molecule has 0 aliphatic heterocycles. The van der Waals surface area contributed by atoms with Crippen molar-refractivity contribution in [1.29, 1.82) is 0 Å². The van der Waals surface area contributed by atoms with Gasteiger partial charge in [-0.2, -0.15) is 5.10 Å². The minimum Gasteiger partial charge on any atom is -0.404 e. The molecule has 0 aliphatic carbocycles. The van der Waals surface area contributed by atoms with Gasteiger partial charge in [0.2, 0.25) is 0 Å². The van der Waals surface area contributed by atoms with Crippen molar-refractivity contribution >= 4 is 11.9 Å². The normalized spacial score (nSPS) is 11.2. The van der Waals surface area contributed by atoms with E-state index in [-0.39, 0.29) is 11.4 Å². The van der Waals surface area contributed by atoms with E-state index in [1.807, 2.05) is 0 Å². The van der Waals surface area contributed by atoms with Crippen LogP contribution < -0.4 is 10.1 Å². The Hall–Kier alpha value is -2.44. The van der Waals surface area contributed by atoms with Crippen LogP contribution in [-0.2, 0) is 6.54 Å². The van der Waals surface area contributed by atoms with Crippen LogP contribution in [0.1, 0.15) is 5.56 Å². The van der Waals surface area contributed by atoms with E-state index in [4.69, 9.17) is 0 Å². The maximum Gasteiger partial charge on any atom is 0.573 e. The molecular formula is C13H12F3N3O. The van der Waals surface area contributed by atoms with Gasteiger partial charge >= 0.3 is 6.36 Å². The van der Waals surface area contributed by atoms with Crippen LogP contribution in [0.4, 0.5) is 18.9 Å². The first kappa shape index (κ1) is 14.0. The van der Waals surface area contributed by atoms with Crippen molar-refractivity contribution in [2.24, 2.45) is 0 Å². The Kier molecular flexibility index (Phi) is 3.97. The molecule has 7 heteroatoms. The molecule has 0 radical (unpaired) electrons. The Morgan fingerprint density at radius 2 is 2.10 bits per heavy atom. The molecule has 1 aromatic carbocycles. The van der Waals surface area contributed by atoms with Gasteiger partial charge in [-0.25, -0.2) is 4.68 Å². The number of ether oxygens (including phenoxy) is 1. The lowest BCUT2D eigenvalue weighted by atomic mass is 10.2. The Balaban J connectivity index is 2.07. The molecule has 0 aliphatic rings. The van der Waals surface area contributed by atoms with E-state index in [1.54, 1.807) is 18.5 Å². The molecule has 2 aromatic rings. The van der Waals surface area contributed by atoms with Crippen LogP contribution in [0.25, 0.3) is 6.20 Å². The average Bonchev–Trinajstić information content (AvgIpc) is 2.84. The van der Waals surface area contributed by atoms with Crippen molar-refractivity contribution in [2.45, 2.75) is 12.9 Å². The summed E-state index contributed by atoms with van der Waals surface area (Å²) < 4.78 is 42.2. The van der Waals surface area contributed by atoms with Gasteiger partial charge < -0.3 is 10.1 Å². The first-order chi connectivity index (χ1) is 9.48. The fourth-order valence-electron chi connectivity index (χ4n) is 1.59. The van der Waals surface area contributed by atoms with Gasteiger partial charge in [0.1, 0.15) is 0 Å². The quantitative estimate of drug-likeness (QED) is 0.913. The van der Waals surface area contributed by atoms with Crippen molar-refractivity contribution in [1.82, 2.24) is 9.78 Å². The molecule has 4 nitrogen and oxygen atoms in total. The number of aromatic nitrogens is 2. The lowest BCUT2D eigenvalue weighted by Gasteiger charge is -2.13. The van der Waals surface area contributed by atoms with Crippen molar-refractivity contribution in [2.75, 3.05) is 5.32 Å². The molecular weight excluding hydrogens is 271 g/mol. The maximum absolute atomic E-state index is 12.3. The van der Waals surface area contributed by atoms with Crippen LogP contribution in [0.5, 0.6) is 5.75 Å². The summed E-state index contributed by atoms with van der Waals surface area (Å²) >= 11 is 0. The van der Waals surface area contributed by atoms with Crippen molar-refractivity contribution in [3.8, 4) is 5.75 Å². The molecule has 0 spiro atoms. The molecule has 1 aromatic heterocycles. The van der Waals surface area contributed by atoms with Crippen LogP contribution in [0.3, 0.4) is 0 Å². The Labute approximate surface area is 113 Å². The second-order valence-electron chi connectivity index (χ2n) is 3.91. The summed E-state index contributed by atoms with van der Waals surface area (Å²) in [6.45, 7) is 3.88. The molecule has 0 fully saturated rings. The summed E-state index contributed by atoms with van der Waals surface area (Å²) in [6.07, 6.45) is 0.116. The Morgan fingerprint density at radius 3 is 2.75 bits per heavy atom. The third-order valence-electron chi connectivity index (χ3n) is 2.44. The second-order valence-corrected chi connectivity index (χ2v) is 3.91. The minimum absolute atomic E-state index is 0.260. The molecule has 1 heterocycles. The smallest absolute Gasteiger partial charge is 0.404 e. The number of hydrogen-bond donors (Lipinski definition) is 1. The van der Waals surface area contributed by atoms with Gasteiger partial charge in [-0.05, 0) is 12.1 Å². The van der Waals surface area contributed by atoms with Crippen LogP contribution in [0, 0.1) is 0 Å². The number of alkyl halides is 3. The summed E-state index contributed by atoms with van der Waals surface area (Å²) in [6, 6.07) is 5.86. The molecule has 0 amide bonds. The number of benzene rings is 1. The zero-order valence-electron chi connectivity index (χ0n) is 10.4. The molecule has 20 heavy (non-hydrogen) atoms. The van der Waals surface area contributed by atoms with E-state index >= 15 is 0 Å². The predicted octanol–water partition coefficient (Wildman–Crippen LogP) is 3.49. The highest BCUT2D eigenvalue weighted by molar-refractivity contribution is 5.56. The SMILES string of the molecule is C=Cn1cc(CNc2ccccc2OC(F)(F)F)cn1. The van der Waals surface area contributed by atoms with Gasteiger partial charge in [0.15, 0.2) is 5.75 Å². The number of nitrogens with one attached hydrogen (secondary N) is 1. The monoisotopic (exact) mass is 283 g/mol. The molecule has 0 unspecified atom stereocenters. The number of para-hydroxylation sites is 2. The topological polar surface area (TPSA) is 39.1 Å². The Bertz CT molecular complexity index is 593. The third-order valence-corrected chi connectivity index (χ3v) is 2.44. The largest absolute Gasteiger partial charge is 0.573 e. The zero-order chi connectivity index (χ0) is 14.6. The molecule has 0 saturated carbocycles. The van der Waals surface area contributed by atoms with Gasteiger partial charge in [0.25, 0.3) is 0 Å². The molecule has 0 saturated heterocycles. The van der Waals surface area contributed by atoms with Crippen molar-refractivity contribution in [3.05, 3.63) is 48.8 Å². The number of anilines is 1.